The van der Waals surface area contributed by atoms with Crippen molar-refractivity contribution in [2.45, 2.75) is 13.0 Å². The summed E-state index contributed by atoms with van der Waals surface area (Å²) in [5.41, 5.74) is 0.0407. The van der Waals surface area contributed by atoms with Crippen molar-refractivity contribution in [1.29, 1.82) is 0 Å². The molecule has 0 spiro atoms. The van der Waals surface area contributed by atoms with Gasteiger partial charge in [-0.15, -0.1) is 0 Å². The number of aromatic nitrogens is 1. The third-order valence-electron chi connectivity index (χ3n) is 2.15. The molecule has 0 unspecified atom stereocenters. The minimum Gasteiger partial charge on any atom is -0.449 e. The van der Waals surface area contributed by atoms with Crippen LogP contribution in [0.4, 0.5) is 4.79 Å². The Morgan fingerprint density at radius 2 is 2.00 bits per heavy atom. The Bertz CT molecular complexity index is 550. The van der Waals surface area contributed by atoms with E-state index in [0.717, 1.165) is 0 Å². The lowest BCUT2D eigenvalue weighted by atomic mass is 10.3. The van der Waals surface area contributed by atoms with E-state index < -0.39 is 24.0 Å². The van der Waals surface area contributed by atoms with Gasteiger partial charge in [0.25, 0.3) is 5.91 Å². The molecule has 20 heavy (non-hydrogen) atoms. The average molecular weight is 320 g/mol. The van der Waals surface area contributed by atoms with E-state index in [1.807, 2.05) is 5.32 Å². The second-order valence-corrected chi connectivity index (χ2v) is 4.38. The summed E-state index contributed by atoms with van der Waals surface area (Å²) in [6, 6.07) is 0.567. The van der Waals surface area contributed by atoms with Crippen LogP contribution >= 0.6 is 23.2 Å². The first-order chi connectivity index (χ1) is 9.35. The largest absolute Gasteiger partial charge is 0.449 e. The highest BCUT2D eigenvalue weighted by molar-refractivity contribution is 6.41. The molecule has 0 aliphatic carbocycles. The highest BCUT2D eigenvalue weighted by Gasteiger charge is 2.21. The van der Waals surface area contributed by atoms with Crippen LogP contribution < -0.4 is 10.6 Å². The molecule has 0 bridgehead atoms. The third kappa shape index (κ3) is 4.36. The molecule has 1 aromatic heterocycles. The SMILES string of the molecule is CNC(=O)NC(=O)[C@H](C)OC(=O)c1cnc(Cl)c(Cl)c1. The highest BCUT2D eigenvalue weighted by Crippen LogP contribution is 2.20. The van der Waals surface area contributed by atoms with E-state index in [-0.39, 0.29) is 15.7 Å². The predicted molar refractivity (Wildman–Crippen MR) is 71.7 cm³/mol. The van der Waals surface area contributed by atoms with E-state index in [1.54, 1.807) is 0 Å². The second kappa shape index (κ2) is 7.06. The lowest BCUT2D eigenvalue weighted by Crippen LogP contribution is -2.43. The quantitative estimate of drug-likeness (QED) is 0.648. The van der Waals surface area contributed by atoms with Gasteiger partial charge >= 0.3 is 12.0 Å². The van der Waals surface area contributed by atoms with E-state index in [2.05, 4.69) is 10.3 Å². The fourth-order valence-corrected chi connectivity index (χ4v) is 1.36. The Kier molecular flexibility index (Phi) is 5.72. The van der Waals surface area contributed by atoms with Crippen LogP contribution in [-0.2, 0) is 9.53 Å². The van der Waals surface area contributed by atoms with Gasteiger partial charge in [0.15, 0.2) is 6.10 Å². The van der Waals surface area contributed by atoms with Crippen molar-refractivity contribution in [2.24, 2.45) is 0 Å². The maximum atomic E-state index is 11.7. The van der Waals surface area contributed by atoms with E-state index >= 15 is 0 Å². The van der Waals surface area contributed by atoms with Gasteiger partial charge in [0.05, 0.1) is 10.6 Å². The van der Waals surface area contributed by atoms with E-state index in [4.69, 9.17) is 27.9 Å². The zero-order valence-electron chi connectivity index (χ0n) is 10.6. The van der Waals surface area contributed by atoms with Gasteiger partial charge in [-0.1, -0.05) is 23.2 Å². The van der Waals surface area contributed by atoms with Crippen LogP contribution in [0.3, 0.4) is 0 Å². The predicted octanol–water partition coefficient (Wildman–Crippen LogP) is 1.39. The number of carbonyl (C=O) groups is 3. The number of pyridine rings is 1. The van der Waals surface area contributed by atoms with Gasteiger partial charge < -0.3 is 10.1 Å². The van der Waals surface area contributed by atoms with Crippen LogP contribution in [0.5, 0.6) is 0 Å². The van der Waals surface area contributed by atoms with Gasteiger partial charge in [-0.3, -0.25) is 10.1 Å². The molecular weight excluding hydrogens is 309 g/mol. The van der Waals surface area contributed by atoms with Crippen molar-refractivity contribution in [1.82, 2.24) is 15.6 Å². The summed E-state index contributed by atoms with van der Waals surface area (Å²) in [6.07, 6.45) is 0.00849. The first kappa shape index (κ1) is 16.2. The topological polar surface area (TPSA) is 97.4 Å². The Labute approximate surface area is 124 Å². The number of esters is 1. The third-order valence-corrected chi connectivity index (χ3v) is 2.83. The highest BCUT2D eigenvalue weighted by atomic mass is 35.5. The number of hydrogen-bond acceptors (Lipinski definition) is 5. The molecule has 0 aliphatic rings. The smallest absolute Gasteiger partial charge is 0.340 e. The number of halogens is 2. The molecule has 0 saturated heterocycles. The molecule has 1 aromatic rings. The zero-order chi connectivity index (χ0) is 15.3. The van der Waals surface area contributed by atoms with Crippen LogP contribution in [0, 0.1) is 0 Å². The maximum absolute atomic E-state index is 11.7. The number of nitrogens with one attached hydrogen (secondary N) is 2. The summed E-state index contributed by atoms with van der Waals surface area (Å²) in [6.45, 7) is 1.32. The van der Waals surface area contributed by atoms with Gasteiger partial charge in [0.2, 0.25) is 0 Å². The van der Waals surface area contributed by atoms with Crippen molar-refractivity contribution in [3.8, 4) is 0 Å². The van der Waals surface area contributed by atoms with Crippen LogP contribution in [0.15, 0.2) is 12.3 Å². The first-order valence-electron chi connectivity index (χ1n) is 5.39. The van der Waals surface area contributed by atoms with Gasteiger partial charge in [0.1, 0.15) is 5.15 Å². The van der Waals surface area contributed by atoms with Crippen LogP contribution in [0.25, 0.3) is 0 Å². The van der Waals surface area contributed by atoms with Crippen molar-refractivity contribution in [2.75, 3.05) is 7.05 Å². The number of rotatable bonds is 3. The first-order valence-corrected chi connectivity index (χ1v) is 6.15. The van der Waals surface area contributed by atoms with Crippen LogP contribution in [0.1, 0.15) is 17.3 Å². The molecule has 0 saturated carbocycles. The Balaban J connectivity index is 2.67. The van der Waals surface area contributed by atoms with Crippen molar-refractivity contribution >= 4 is 41.1 Å². The molecule has 2 N–H and O–H groups in total. The lowest BCUT2D eigenvalue weighted by Gasteiger charge is -2.12. The van der Waals surface area contributed by atoms with Crippen LogP contribution in [-0.4, -0.2) is 36.0 Å². The molecule has 1 rings (SSSR count). The summed E-state index contributed by atoms with van der Waals surface area (Å²) in [7, 11) is 1.35. The number of hydrogen-bond donors (Lipinski definition) is 2. The Hall–Kier alpha value is -1.86. The van der Waals surface area contributed by atoms with Crippen molar-refractivity contribution in [3.05, 3.63) is 28.0 Å². The molecule has 108 valence electrons. The normalized spacial score (nSPS) is 11.4. The standard InChI is InChI=1S/C11H11Cl2N3O4/c1-5(9(17)16-11(19)14-2)20-10(18)6-3-7(12)8(13)15-4-6/h3-5H,1-2H3,(H2,14,16,17,19)/t5-/m0/s1. The number of carbonyl (C=O) groups excluding carboxylic acids is 3. The molecular formula is C11H11Cl2N3O4. The summed E-state index contributed by atoms with van der Waals surface area (Å²) in [5.74, 6) is -1.57. The molecule has 0 aliphatic heterocycles. The molecule has 7 nitrogen and oxygen atoms in total. The minimum atomic E-state index is -1.16. The van der Waals surface area contributed by atoms with Gasteiger partial charge in [0, 0.05) is 13.2 Å². The fourth-order valence-electron chi connectivity index (χ4n) is 1.09. The van der Waals surface area contributed by atoms with Crippen molar-refractivity contribution in [3.63, 3.8) is 0 Å². The van der Waals surface area contributed by atoms with E-state index in [0.29, 0.717) is 0 Å². The molecule has 0 radical (unpaired) electrons. The zero-order valence-corrected chi connectivity index (χ0v) is 12.1. The van der Waals surface area contributed by atoms with E-state index in [9.17, 15) is 14.4 Å². The monoisotopic (exact) mass is 319 g/mol. The number of ether oxygens (including phenoxy) is 1. The van der Waals surface area contributed by atoms with Crippen molar-refractivity contribution < 1.29 is 19.1 Å². The number of amides is 3. The Morgan fingerprint density at radius 1 is 1.35 bits per heavy atom. The minimum absolute atomic E-state index is 0.0407. The molecule has 0 aromatic carbocycles. The fraction of sp³-hybridized carbons (Fsp3) is 0.273. The molecule has 9 heteroatoms. The number of urea groups is 1. The van der Waals surface area contributed by atoms with E-state index in [1.165, 1.54) is 26.2 Å². The maximum Gasteiger partial charge on any atom is 0.340 e. The number of imide groups is 1. The molecule has 0 fully saturated rings. The summed E-state index contributed by atoms with van der Waals surface area (Å²) in [5, 5.41) is 4.31. The lowest BCUT2D eigenvalue weighted by molar-refractivity contribution is -0.127. The molecule has 1 atom stereocenters. The van der Waals surface area contributed by atoms with Gasteiger partial charge in [-0.25, -0.2) is 14.6 Å². The average Bonchev–Trinajstić information content (AvgIpc) is 2.41. The number of nitrogens with zero attached hydrogens (tertiary/aromatic N) is 1. The van der Waals surface area contributed by atoms with Gasteiger partial charge in [-0.05, 0) is 13.0 Å². The molecule has 1 heterocycles. The molecule has 3 amide bonds. The van der Waals surface area contributed by atoms with Gasteiger partial charge in [-0.2, -0.15) is 0 Å². The summed E-state index contributed by atoms with van der Waals surface area (Å²) in [4.78, 5) is 37.8. The summed E-state index contributed by atoms with van der Waals surface area (Å²) < 4.78 is 4.87. The summed E-state index contributed by atoms with van der Waals surface area (Å²) >= 11 is 11.3. The Morgan fingerprint density at radius 3 is 2.55 bits per heavy atom. The second-order valence-electron chi connectivity index (χ2n) is 3.61. The van der Waals surface area contributed by atoms with Crippen LogP contribution in [0.2, 0.25) is 10.2 Å².